The Morgan fingerprint density at radius 1 is 1.04 bits per heavy atom. The summed E-state index contributed by atoms with van der Waals surface area (Å²) in [5.74, 6) is -0.823. The van der Waals surface area contributed by atoms with E-state index in [4.69, 9.17) is 0 Å². The van der Waals surface area contributed by atoms with Crippen molar-refractivity contribution in [3.8, 4) is 5.75 Å². The van der Waals surface area contributed by atoms with E-state index >= 15 is 0 Å². The van der Waals surface area contributed by atoms with Gasteiger partial charge in [0.25, 0.3) is 0 Å². The maximum absolute atomic E-state index is 14.3. The van der Waals surface area contributed by atoms with E-state index in [-0.39, 0.29) is 116 Å². The Bertz CT molecular complexity index is 1890. The fourth-order valence-corrected chi connectivity index (χ4v) is 6.68. The third-order valence-corrected chi connectivity index (χ3v) is 8.76. The Morgan fingerprint density at radius 2 is 1.76 bits per heavy atom. The first-order valence-corrected chi connectivity index (χ1v) is 16.8. The third-order valence-electron chi connectivity index (χ3n) is 8.33. The molecule has 2 aliphatic rings. The van der Waals surface area contributed by atoms with Gasteiger partial charge in [-0.3, -0.25) is 14.3 Å². The number of benzene rings is 3. The van der Waals surface area contributed by atoms with E-state index in [2.05, 4.69) is 21.5 Å². The van der Waals surface area contributed by atoms with E-state index in [1.807, 2.05) is 61.8 Å². The van der Waals surface area contributed by atoms with Gasteiger partial charge in [-0.15, -0.1) is 6.58 Å². The number of aromatic nitrogens is 2. The molecule has 0 radical (unpaired) electrons. The van der Waals surface area contributed by atoms with E-state index in [1.54, 1.807) is 20.7 Å². The van der Waals surface area contributed by atoms with Crippen LogP contribution in [0.15, 0.2) is 91.6 Å². The number of aryl methyl sites for hydroxylation is 1. The predicted octanol–water partition coefficient (Wildman–Crippen LogP) is -4.47. The number of hydrazine groups is 1. The normalized spacial score (nSPS) is 17.9. The number of urea groups is 1. The van der Waals surface area contributed by atoms with Crippen LogP contribution in [0.1, 0.15) is 16.7 Å². The van der Waals surface area contributed by atoms with Gasteiger partial charge in [-0.2, -0.15) is 5.10 Å². The molecule has 0 spiro atoms. The molecule has 1 N–H and O–H groups in total. The van der Waals surface area contributed by atoms with Crippen LogP contribution in [0.5, 0.6) is 5.75 Å². The second-order valence-corrected chi connectivity index (χ2v) is 12.8. The zero-order valence-corrected chi connectivity index (χ0v) is 33.1. The average Bonchev–Trinajstić information content (AvgIpc) is 3.44. The molecule has 0 bridgehead atoms. The molecule has 1 aromatic heterocycles. The second-order valence-electron chi connectivity index (χ2n) is 11.7. The Hall–Kier alpha value is -3.01. The summed E-state index contributed by atoms with van der Waals surface area (Å²) in [6.45, 7) is 4.34. The van der Waals surface area contributed by atoms with Crippen molar-refractivity contribution in [3.63, 3.8) is 0 Å². The van der Waals surface area contributed by atoms with E-state index in [0.29, 0.717) is 5.56 Å². The van der Waals surface area contributed by atoms with Gasteiger partial charge in [0.15, 0.2) is 0 Å². The van der Waals surface area contributed by atoms with Crippen LogP contribution in [-0.4, -0.2) is 79.3 Å². The fraction of sp³-hybridized carbons (Fsp3) is 0.273. The molecule has 3 aromatic carbocycles. The number of hydrogen-bond acceptors (Lipinski definition) is 9. The number of fused-ring (bicyclic) bond motifs is 2. The van der Waals surface area contributed by atoms with E-state index < -0.39 is 26.1 Å². The summed E-state index contributed by atoms with van der Waals surface area (Å²) in [6, 6.07) is 19.4. The van der Waals surface area contributed by atoms with Gasteiger partial charge in [0, 0.05) is 44.7 Å². The Labute approximate surface area is 333 Å². The number of rotatable bonds is 10. The largest absolute Gasteiger partial charge is 1.00 e. The summed E-state index contributed by atoms with van der Waals surface area (Å²) >= 11 is 0. The molecule has 2 unspecified atom stereocenters. The van der Waals surface area contributed by atoms with Gasteiger partial charge in [-0.1, -0.05) is 66.7 Å². The van der Waals surface area contributed by atoms with Crippen molar-refractivity contribution in [1.29, 1.82) is 0 Å². The van der Waals surface area contributed by atoms with Crippen LogP contribution in [0.3, 0.4) is 0 Å². The Balaban J connectivity index is 0.00000281. The smallest absolute Gasteiger partial charge is 0.780 e. The molecule has 2 aliphatic heterocycles. The number of carbonyl (C=O) groups excluding carboxylic acids is 3. The molecule has 50 heavy (non-hydrogen) atoms. The number of phosphoric acid groups is 1. The predicted molar refractivity (Wildman–Crippen MR) is 171 cm³/mol. The van der Waals surface area contributed by atoms with Gasteiger partial charge in [0.05, 0.1) is 18.6 Å². The van der Waals surface area contributed by atoms with Crippen LogP contribution in [0.25, 0.3) is 10.9 Å². The topological polar surface area (TPSA) is 166 Å². The van der Waals surface area contributed by atoms with Crippen LogP contribution in [0.4, 0.5) is 4.79 Å². The summed E-state index contributed by atoms with van der Waals surface area (Å²) in [6.07, 6.45) is 2.69. The van der Waals surface area contributed by atoms with Crippen molar-refractivity contribution in [3.05, 3.63) is 108 Å². The summed E-state index contributed by atoms with van der Waals surface area (Å²) in [7, 11) is -3.44. The first-order valence-electron chi connectivity index (χ1n) is 15.3. The minimum Gasteiger partial charge on any atom is -0.780 e. The van der Waals surface area contributed by atoms with Gasteiger partial charge in [-0.25, -0.2) is 14.8 Å². The Kier molecular flexibility index (Phi) is 13.5. The molecule has 250 valence electrons. The number of nitrogens with one attached hydrogen (secondary N) is 1. The summed E-state index contributed by atoms with van der Waals surface area (Å²) in [5, 5.41) is 11.6. The monoisotopic (exact) mass is 717 g/mol. The molecule has 14 nitrogen and oxygen atoms in total. The molecule has 2 fully saturated rings. The van der Waals surface area contributed by atoms with Crippen LogP contribution >= 0.6 is 7.82 Å². The summed E-state index contributed by atoms with van der Waals surface area (Å²) in [5.41, 5.74) is 3.02. The van der Waals surface area contributed by atoms with Crippen molar-refractivity contribution < 1.29 is 92.4 Å². The van der Waals surface area contributed by atoms with E-state index in [9.17, 15) is 28.7 Å². The minimum absolute atomic E-state index is 0. The molecular weight excluding hydrogens is 683 g/mol. The molecular formula is C33H34N7Na2O7P. The SMILES string of the molecule is C=CCN1CC(=O)N2C(Cc3ccc(OP(=O)([O-])[O-])cc3)C(=O)N(Cc3cccc4cn(C)nc34)CC2N1C(=O)NCc1ccccc1.[Na+].[Na+]. The molecule has 4 amide bonds. The third kappa shape index (κ3) is 9.07. The van der Waals surface area contributed by atoms with Crippen LogP contribution in [0, 0.1) is 0 Å². The second kappa shape index (κ2) is 17.0. The number of amides is 4. The quantitative estimate of drug-likeness (QED) is 0.0968. The van der Waals surface area contributed by atoms with E-state index in [0.717, 1.165) is 22.0 Å². The van der Waals surface area contributed by atoms with Crippen LogP contribution < -0.4 is 78.7 Å². The van der Waals surface area contributed by atoms with Crippen molar-refractivity contribution in [1.82, 2.24) is 34.9 Å². The first-order chi connectivity index (χ1) is 23.0. The number of carbonyl (C=O) groups is 3. The number of phosphoric ester groups is 1. The molecule has 17 heteroatoms. The first kappa shape index (κ1) is 39.8. The molecule has 4 aromatic rings. The summed E-state index contributed by atoms with van der Waals surface area (Å²) in [4.78, 5) is 67.4. The van der Waals surface area contributed by atoms with Gasteiger partial charge >= 0.3 is 65.1 Å². The molecule has 2 atom stereocenters. The van der Waals surface area contributed by atoms with E-state index in [1.165, 1.54) is 34.2 Å². The van der Waals surface area contributed by atoms with Crippen molar-refractivity contribution in [2.45, 2.75) is 31.7 Å². The van der Waals surface area contributed by atoms with Gasteiger partial charge in [0.2, 0.25) is 11.8 Å². The number of hydrogen-bond donors (Lipinski definition) is 1. The van der Waals surface area contributed by atoms with Crippen LogP contribution in [0.2, 0.25) is 0 Å². The number of piperazine rings is 1. The molecule has 3 heterocycles. The molecule has 6 rings (SSSR count). The minimum atomic E-state index is -5.26. The molecule has 2 saturated heterocycles. The maximum atomic E-state index is 14.3. The van der Waals surface area contributed by atoms with Crippen molar-refractivity contribution >= 4 is 36.6 Å². The number of nitrogens with zero attached hydrogens (tertiary/aromatic N) is 6. The Morgan fingerprint density at radius 3 is 2.44 bits per heavy atom. The van der Waals surface area contributed by atoms with Crippen molar-refractivity contribution in [2.75, 3.05) is 19.6 Å². The van der Waals surface area contributed by atoms with Gasteiger partial charge < -0.3 is 34.0 Å². The standard InChI is InChI=1S/C33H36N7O7P.2Na/c1-3-16-38-22-30(41)39-28(17-23-12-14-27(15-13-23)47-48(44,45)46)32(42)37(20-26-11-7-10-25-19-36(2)35-31(25)26)21-29(39)40(38)33(43)34-18-24-8-5-4-6-9-24;;/h3-15,19,28-29H,1,16-18,20-22H2,2H3,(H,34,43)(H2,44,45,46);;/q;2*+1/p-2. The zero-order valence-electron chi connectivity index (χ0n) is 28.2. The van der Waals surface area contributed by atoms with Crippen LogP contribution in [-0.2, 0) is 40.7 Å². The molecule has 0 saturated carbocycles. The fourth-order valence-electron chi connectivity index (χ4n) is 6.30. The van der Waals surface area contributed by atoms with Crippen molar-refractivity contribution in [2.24, 2.45) is 7.05 Å². The average molecular weight is 718 g/mol. The zero-order chi connectivity index (χ0) is 34.0. The van der Waals surface area contributed by atoms with Gasteiger partial charge in [-0.05, 0) is 28.8 Å². The maximum Gasteiger partial charge on any atom is 1.00 e. The summed E-state index contributed by atoms with van der Waals surface area (Å²) < 4.78 is 17.3. The van der Waals surface area contributed by atoms with Gasteiger partial charge in [0.1, 0.15) is 25.8 Å². The molecule has 0 aliphatic carbocycles.